The van der Waals surface area contributed by atoms with Crippen molar-refractivity contribution in [2.45, 2.75) is 12.1 Å². The van der Waals surface area contributed by atoms with Crippen molar-refractivity contribution in [3.05, 3.63) is 22.4 Å². The van der Waals surface area contributed by atoms with Crippen LogP contribution >= 0.6 is 11.3 Å². The number of methoxy groups -OCH3 is 1. The number of thiophene rings is 1. The number of carbonyl (C=O) groups excluding carboxylic acids is 2. The zero-order valence-corrected chi connectivity index (χ0v) is 16.1. The van der Waals surface area contributed by atoms with Crippen LogP contribution in [0.25, 0.3) is 0 Å². The minimum Gasteiger partial charge on any atom is -0.731 e. The van der Waals surface area contributed by atoms with E-state index >= 15 is 0 Å². The van der Waals surface area contributed by atoms with Crippen molar-refractivity contribution < 1.29 is 78.7 Å². The quantitative estimate of drug-likeness (QED) is 0.249. The summed E-state index contributed by atoms with van der Waals surface area (Å²) < 4.78 is 37.2. The fourth-order valence-electron chi connectivity index (χ4n) is 1.77. The Morgan fingerprint density at radius 2 is 2.29 bits per heavy atom. The van der Waals surface area contributed by atoms with Gasteiger partial charge in [-0.2, -0.15) is 0 Å². The predicted octanol–water partition coefficient (Wildman–Crippen LogP) is -3.94. The molecule has 2 rings (SSSR count). The van der Waals surface area contributed by atoms with Crippen molar-refractivity contribution in [1.82, 2.24) is 9.62 Å². The van der Waals surface area contributed by atoms with Gasteiger partial charge in [-0.1, -0.05) is 6.07 Å². The van der Waals surface area contributed by atoms with E-state index in [0.29, 0.717) is 0 Å². The van der Waals surface area contributed by atoms with Crippen molar-refractivity contribution in [3.8, 4) is 0 Å². The second-order valence-corrected chi connectivity index (χ2v) is 6.43. The second kappa shape index (κ2) is 7.15. The summed E-state index contributed by atoms with van der Waals surface area (Å²) in [4.78, 5) is 24.3. The summed E-state index contributed by atoms with van der Waals surface area (Å²) in [5.41, 5.74) is -1.77. The van der Waals surface area contributed by atoms with Crippen molar-refractivity contribution in [2.24, 2.45) is 0 Å². The van der Waals surface area contributed by atoms with Crippen LogP contribution in [0.4, 0.5) is 0 Å². The van der Waals surface area contributed by atoms with Gasteiger partial charge in [-0.15, -0.1) is 11.3 Å². The molecule has 0 bridgehead atoms. The molecule has 1 aliphatic rings. The van der Waals surface area contributed by atoms with Crippen LogP contribution in [0.3, 0.4) is 0 Å². The molecule has 1 atom stereocenters. The number of hydrogen-bond acceptors (Lipinski definition) is 7. The van der Waals surface area contributed by atoms with E-state index in [4.69, 9.17) is 4.74 Å². The summed E-state index contributed by atoms with van der Waals surface area (Å²) >= 11 is 1.37. The van der Waals surface area contributed by atoms with Gasteiger partial charge in [0, 0.05) is 12.0 Å². The maximum absolute atomic E-state index is 11.8. The molecule has 1 aliphatic heterocycles. The molecule has 2 amide bonds. The van der Waals surface area contributed by atoms with Crippen LogP contribution in [0.5, 0.6) is 0 Å². The third-order valence-corrected chi connectivity index (χ3v) is 4.52. The Labute approximate surface area is 168 Å². The van der Waals surface area contributed by atoms with Crippen molar-refractivity contribution in [1.29, 1.82) is 0 Å². The molecule has 1 aromatic rings. The van der Waals surface area contributed by atoms with Gasteiger partial charge in [0.25, 0.3) is 5.91 Å². The molecule has 1 fully saturated rings. The summed E-state index contributed by atoms with van der Waals surface area (Å²) in [5, 5.41) is 4.12. The number of amides is 2. The Morgan fingerprint density at radius 1 is 1.62 bits per heavy atom. The standard InChI is InChI=1S/C10H12N2O6S2.K/c1-18-10(6-12(9(10)14)20(15,16)17)11-8(13)5-7-3-2-4-19-7;/h2-4H,5-6H2,1H3,(H,11,13)(H,15,16,17);/q;+1/p-1. The number of nitrogens with one attached hydrogen (secondary N) is 1. The SMILES string of the molecule is COC1(NC(=O)Cc2cccs2)CN(S(=O)(=O)[O-])C1=O.[K+]. The van der Waals surface area contributed by atoms with E-state index in [2.05, 4.69) is 5.32 Å². The fraction of sp³-hybridized carbons (Fsp3) is 0.400. The van der Waals surface area contributed by atoms with E-state index in [9.17, 15) is 22.6 Å². The van der Waals surface area contributed by atoms with Gasteiger partial charge in [0.1, 0.15) is 0 Å². The van der Waals surface area contributed by atoms with Gasteiger partial charge < -0.3 is 14.6 Å². The summed E-state index contributed by atoms with van der Waals surface area (Å²) in [6.45, 7) is -0.523. The number of nitrogens with zero attached hydrogens (tertiary/aromatic N) is 1. The molecule has 2 heterocycles. The minimum absolute atomic E-state index is 0. The molecule has 11 heteroatoms. The number of β-lactam (4-membered cyclic amide) rings is 1. The monoisotopic (exact) mass is 358 g/mol. The Morgan fingerprint density at radius 3 is 2.71 bits per heavy atom. The number of carbonyl (C=O) groups is 2. The average molecular weight is 358 g/mol. The molecule has 21 heavy (non-hydrogen) atoms. The van der Waals surface area contributed by atoms with E-state index in [0.717, 1.165) is 12.0 Å². The van der Waals surface area contributed by atoms with Gasteiger partial charge in [-0.25, -0.2) is 12.7 Å². The summed E-state index contributed by atoms with van der Waals surface area (Å²) in [6, 6.07) is 3.53. The molecule has 0 spiro atoms. The topological polar surface area (TPSA) is 116 Å². The first kappa shape index (κ1) is 19.2. The van der Waals surface area contributed by atoms with E-state index in [1.165, 1.54) is 11.3 Å². The van der Waals surface area contributed by atoms with Gasteiger partial charge in [0.15, 0.2) is 10.3 Å². The van der Waals surface area contributed by atoms with Crippen LogP contribution in [-0.2, 0) is 31.1 Å². The van der Waals surface area contributed by atoms with Gasteiger partial charge in [0.05, 0.1) is 13.0 Å². The third-order valence-electron chi connectivity index (χ3n) is 2.81. The number of hydrogen-bond donors (Lipinski definition) is 1. The van der Waals surface area contributed by atoms with Gasteiger partial charge >= 0.3 is 51.4 Å². The summed E-state index contributed by atoms with van der Waals surface area (Å²) in [5.74, 6) is -1.58. The normalized spacial score (nSPS) is 21.4. The molecule has 1 unspecified atom stereocenters. The fourth-order valence-corrected chi connectivity index (χ4v) is 3.16. The Bertz CT molecular complexity index is 632. The van der Waals surface area contributed by atoms with Crippen molar-refractivity contribution in [3.63, 3.8) is 0 Å². The molecule has 0 radical (unpaired) electrons. The van der Waals surface area contributed by atoms with Crippen LogP contribution in [0.2, 0.25) is 0 Å². The van der Waals surface area contributed by atoms with E-state index < -0.39 is 34.4 Å². The minimum atomic E-state index is -4.88. The molecule has 0 aliphatic carbocycles. The van der Waals surface area contributed by atoms with Gasteiger partial charge in [0.2, 0.25) is 11.6 Å². The van der Waals surface area contributed by atoms with Gasteiger partial charge in [-0.3, -0.25) is 9.59 Å². The first-order valence-electron chi connectivity index (χ1n) is 5.45. The second-order valence-electron chi connectivity index (χ2n) is 4.10. The van der Waals surface area contributed by atoms with E-state index in [1.54, 1.807) is 17.5 Å². The molecule has 8 nitrogen and oxygen atoms in total. The molecule has 0 saturated carbocycles. The maximum Gasteiger partial charge on any atom is 1.00 e. The van der Waals surface area contributed by atoms with E-state index in [-0.39, 0.29) is 62.1 Å². The maximum atomic E-state index is 11.8. The largest absolute Gasteiger partial charge is 1.00 e. The average Bonchev–Trinajstić information content (AvgIpc) is 2.84. The van der Waals surface area contributed by atoms with Crippen molar-refractivity contribution in [2.75, 3.05) is 13.7 Å². The number of ether oxygens (including phenoxy) is 1. The van der Waals surface area contributed by atoms with Crippen molar-refractivity contribution >= 4 is 33.5 Å². The molecule has 1 N–H and O–H groups in total. The molecule has 1 aromatic heterocycles. The Hall–Kier alpha value is 0.146. The number of rotatable bonds is 5. The smallest absolute Gasteiger partial charge is 0.731 e. The molecule has 1 saturated heterocycles. The molecule has 0 aromatic carbocycles. The van der Waals surface area contributed by atoms with Crippen LogP contribution in [0.1, 0.15) is 4.88 Å². The van der Waals surface area contributed by atoms with E-state index in [1.807, 2.05) is 0 Å². The summed E-state index contributed by atoms with van der Waals surface area (Å²) in [6.07, 6.45) is 0.0418. The molecular weight excluding hydrogens is 347 g/mol. The molecule has 110 valence electrons. The summed E-state index contributed by atoms with van der Waals surface area (Å²) in [7, 11) is -3.73. The predicted molar refractivity (Wildman–Crippen MR) is 67.3 cm³/mol. The van der Waals surface area contributed by atoms with Crippen LogP contribution in [0.15, 0.2) is 17.5 Å². The Balaban J connectivity index is 0.00000220. The van der Waals surface area contributed by atoms with Crippen LogP contribution < -0.4 is 56.7 Å². The van der Waals surface area contributed by atoms with Crippen LogP contribution in [0, 0.1) is 0 Å². The Kier molecular flexibility index (Phi) is 6.53. The first-order chi connectivity index (χ1) is 9.28. The molecular formula is C10H11KN2O6S2. The van der Waals surface area contributed by atoms with Crippen LogP contribution in [-0.4, -0.2) is 48.5 Å². The zero-order valence-electron chi connectivity index (χ0n) is 11.4. The zero-order chi connectivity index (χ0) is 15.0. The third kappa shape index (κ3) is 4.12. The first-order valence-corrected chi connectivity index (χ1v) is 7.69. The van der Waals surface area contributed by atoms with Gasteiger partial charge in [-0.05, 0) is 11.4 Å².